The zero-order chi connectivity index (χ0) is 17.5. The number of nitrogens with zero attached hydrogens (tertiary/aromatic N) is 1. The molecule has 2 aromatic rings. The van der Waals surface area contributed by atoms with Crippen LogP contribution in [0.3, 0.4) is 0 Å². The van der Waals surface area contributed by atoms with Crippen LogP contribution >= 0.6 is 11.6 Å². The fourth-order valence-electron chi connectivity index (χ4n) is 2.53. The average Bonchev–Trinajstić information content (AvgIpc) is 2.61. The molecule has 0 heterocycles. The van der Waals surface area contributed by atoms with Gasteiger partial charge < -0.3 is 10.4 Å². The number of anilines is 1. The maximum absolute atomic E-state index is 12.3. The molecule has 5 heteroatoms. The van der Waals surface area contributed by atoms with Gasteiger partial charge in [0.05, 0.1) is 6.54 Å². The van der Waals surface area contributed by atoms with Gasteiger partial charge in [-0.15, -0.1) is 0 Å². The number of carbonyl (C=O) groups excluding carboxylic acids is 1. The number of rotatable bonds is 7. The van der Waals surface area contributed by atoms with Crippen molar-refractivity contribution < 1.29 is 9.90 Å². The van der Waals surface area contributed by atoms with E-state index >= 15 is 0 Å². The van der Waals surface area contributed by atoms with Crippen LogP contribution in [0.5, 0.6) is 0 Å². The van der Waals surface area contributed by atoms with Crippen molar-refractivity contribution in [1.82, 2.24) is 4.90 Å². The number of aliphatic hydroxyl groups is 1. The Labute approximate surface area is 148 Å². The van der Waals surface area contributed by atoms with E-state index in [2.05, 4.69) is 5.32 Å². The molecule has 1 unspecified atom stereocenters. The van der Waals surface area contributed by atoms with Crippen molar-refractivity contribution in [1.29, 1.82) is 0 Å². The van der Waals surface area contributed by atoms with E-state index < -0.39 is 6.10 Å². The summed E-state index contributed by atoms with van der Waals surface area (Å²) in [6.45, 7) is 5.97. The van der Waals surface area contributed by atoms with E-state index in [9.17, 15) is 9.90 Å². The van der Waals surface area contributed by atoms with Gasteiger partial charge in [-0.2, -0.15) is 0 Å². The number of benzene rings is 2. The van der Waals surface area contributed by atoms with Gasteiger partial charge >= 0.3 is 0 Å². The molecule has 2 N–H and O–H groups in total. The molecule has 2 aromatic carbocycles. The number of amides is 1. The highest BCUT2D eigenvalue weighted by molar-refractivity contribution is 6.30. The third-order valence-corrected chi connectivity index (χ3v) is 4.19. The van der Waals surface area contributed by atoms with E-state index in [1.165, 1.54) is 0 Å². The Morgan fingerprint density at radius 1 is 1.17 bits per heavy atom. The van der Waals surface area contributed by atoms with Crippen molar-refractivity contribution >= 4 is 23.2 Å². The molecule has 0 aliphatic carbocycles. The standard InChI is InChI=1S/C19H23ClN2O2/c1-3-22(4-2)13-18(23)21-17-11-10-15(20)12-16(17)19(24)14-8-6-5-7-9-14/h5-12,19,24H,3-4,13H2,1-2H3,(H,21,23). The lowest BCUT2D eigenvalue weighted by Crippen LogP contribution is -2.33. The number of likely N-dealkylation sites (N-methyl/N-ethyl adjacent to an activating group) is 1. The number of hydrogen-bond donors (Lipinski definition) is 2. The van der Waals surface area contributed by atoms with Gasteiger partial charge in [-0.25, -0.2) is 0 Å². The Bertz CT molecular complexity index is 672. The van der Waals surface area contributed by atoms with Crippen molar-refractivity contribution in [2.24, 2.45) is 0 Å². The molecule has 2 rings (SSSR count). The van der Waals surface area contributed by atoms with Gasteiger partial charge in [-0.3, -0.25) is 9.69 Å². The molecule has 0 fully saturated rings. The number of hydrogen-bond acceptors (Lipinski definition) is 3. The summed E-state index contributed by atoms with van der Waals surface area (Å²) in [6.07, 6.45) is -0.853. The van der Waals surface area contributed by atoms with Crippen molar-refractivity contribution in [3.05, 3.63) is 64.7 Å². The summed E-state index contributed by atoms with van der Waals surface area (Å²) in [6, 6.07) is 14.4. The molecule has 24 heavy (non-hydrogen) atoms. The maximum atomic E-state index is 12.3. The summed E-state index contributed by atoms with van der Waals surface area (Å²) in [5, 5.41) is 14.1. The summed E-state index contributed by atoms with van der Waals surface area (Å²) in [5.41, 5.74) is 1.91. The highest BCUT2D eigenvalue weighted by Gasteiger charge is 2.17. The van der Waals surface area contributed by atoms with Crippen molar-refractivity contribution in [2.45, 2.75) is 20.0 Å². The fourth-order valence-corrected chi connectivity index (χ4v) is 2.71. The quantitative estimate of drug-likeness (QED) is 0.803. The molecule has 0 saturated carbocycles. The molecule has 1 atom stereocenters. The van der Waals surface area contributed by atoms with Gasteiger partial charge in [-0.1, -0.05) is 55.8 Å². The van der Waals surface area contributed by atoms with Crippen LogP contribution in [-0.4, -0.2) is 35.5 Å². The molecular formula is C19H23ClN2O2. The summed E-state index contributed by atoms with van der Waals surface area (Å²) < 4.78 is 0. The summed E-state index contributed by atoms with van der Waals surface area (Å²) >= 11 is 6.08. The third kappa shape index (κ3) is 4.81. The van der Waals surface area contributed by atoms with E-state index in [1.807, 2.05) is 49.1 Å². The van der Waals surface area contributed by atoms with Crippen LogP contribution in [0.2, 0.25) is 5.02 Å². The van der Waals surface area contributed by atoms with Gasteiger partial charge in [0, 0.05) is 16.3 Å². The minimum Gasteiger partial charge on any atom is -0.384 e. The predicted octanol–water partition coefficient (Wildman–Crippen LogP) is 3.70. The molecule has 0 aliphatic heterocycles. The Morgan fingerprint density at radius 3 is 2.46 bits per heavy atom. The Hall–Kier alpha value is -1.88. The largest absolute Gasteiger partial charge is 0.384 e. The number of halogens is 1. The van der Waals surface area contributed by atoms with Gasteiger partial charge in [-0.05, 0) is 36.9 Å². The second kappa shape index (κ2) is 8.83. The van der Waals surface area contributed by atoms with Crippen molar-refractivity contribution in [2.75, 3.05) is 25.0 Å². The first kappa shape index (κ1) is 18.5. The molecule has 0 spiro atoms. The lowest BCUT2D eigenvalue weighted by atomic mass is 10.00. The summed E-state index contributed by atoms with van der Waals surface area (Å²) in [5.74, 6) is -0.109. The zero-order valence-electron chi connectivity index (χ0n) is 14.0. The van der Waals surface area contributed by atoms with Crippen LogP contribution < -0.4 is 5.32 Å². The van der Waals surface area contributed by atoms with E-state index in [4.69, 9.17) is 11.6 Å². The Balaban J connectivity index is 2.23. The zero-order valence-corrected chi connectivity index (χ0v) is 14.8. The molecule has 0 radical (unpaired) electrons. The Kier molecular flexibility index (Phi) is 6.79. The van der Waals surface area contributed by atoms with E-state index in [0.29, 0.717) is 22.8 Å². The van der Waals surface area contributed by atoms with Crippen LogP contribution in [0, 0.1) is 0 Å². The van der Waals surface area contributed by atoms with Gasteiger partial charge in [0.15, 0.2) is 0 Å². The van der Waals surface area contributed by atoms with E-state index in [1.54, 1.807) is 18.2 Å². The Morgan fingerprint density at radius 2 is 1.83 bits per heavy atom. The predicted molar refractivity (Wildman–Crippen MR) is 98.4 cm³/mol. The number of carbonyl (C=O) groups is 1. The third-order valence-electron chi connectivity index (χ3n) is 3.96. The van der Waals surface area contributed by atoms with Crippen molar-refractivity contribution in [3.63, 3.8) is 0 Å². The lowest BCUT2D eigenvalue weighted by molar-refractivity contribution is -0.117. The maximum Gasteiger partial charge on any atom is 0.238 e. The van der Waals surface area contributed by atoms with Crippen LogP contribution in [0.1, 0.15) is 31.1 Å². The highest BCUT2D eigenvalue weighted by atomic mass is 35.5. The van der Waals surface area contributed by atoms with Crippen LogP contribution in [0.4, 0.5) is 5.69 Å². The SMILES string of the molecule is CCN(CC)CC(=O)Nc1ccc(Cl)cc1C(O)c1ccccc1. The topological polar surface area (TPSA) is 52.6 Å². The van der Waals surface area contributed by atoms with E-state index in [0.717, 1.165) is 18.7 Å². The van der Waals surface area contributed by atoms with Crippen LogP contribution in [0.25, 0.3) is 0 Å². The first-order chi connectivity index (χ1) is 11.5. The number of nitrogens with one attached hydrogen (secondary N) is 1. The first-order valence-electron chi connectivity index (χ1n) is 8.09. The molecule has 0 saturated heterocycles. The van der Waals surface area contributed by atoms with Crippen LogP contribution in [0.15, 0.2) is 48.5 Å². The summed E-state index contributed by atoms with van der Waals surface area (Å²) in [4.78, 5) is 14.3. The molecule has 0 bridgehead atoms. The monoisotopic (exact) mass is 346 g/mol. The molecule has 0 aromatic heterocycles. The lowest BCUT2D eigenvalue weighted by Gasteiger charge is -2.20. The number of aliphatic hydroxyl groups excluding tert-OH is 1. The van der Waals surface area contributed by atoms with Gasteiger partial charge in [0.2, 0.25) is 5.91 Å². The average molecular weight is 347 g/mol. The van der Waals surface area contributed by atoms with Gasteiger partial charge in [0.1, 0.15) is 6.10 Å². The molecule has 4 nitrogen and oxygen atoms in total. The van der Waals surface area contributed by atoms with Gasteiger partial charge in [0.25, 0.3) is 0 Å². The van der Waals surface area contributed by atoms with Crippen LogP contribution in [-0.2, 0) is 4.79 Å². The summed E-state index contributed by atoms with van der Waals surface area (Å²) in [7, 11) is 0. The van der Waals surface area contributed by atoms with E-state index in [-0.39, 0.29) is 5.91 Å². The first-order valence-corrected chi connectivity index (χ1v) is 8.47. The minimum atomic E-state index is -0.853. The molecule has 1 amide bonds. The normalized spacial score (nSPS) is 12.2. The highest BCUT2D eigenvalue weighted by Crippen LogP contribution is 2.30. The molecular weight excluding hydrogens is 324 g/mol. The molecule has 128 valence electrons. The smallest absolute Gasteiger partial charge is 0.238 e. The second-order valence-corrected chi connectivity index (χ2v) is 5.99. The second-order valence-electron chi connectivity index (χ2n) is 5.55. The molecule has 0 aliphatic rings. The fraction of sp³-hybridized carbons (Fsp3) is 0.316. The minimum absolute atomic E-state index is 0.109. The van der Waals surface area contributed by atoms with Crippen molar-refractivity contribution in [3.8, 4) is 0 Å².